The molecule has 1 aromatic carbocycles. The Morgan fingerprint density at radius 1 is 1.67 bits per heavy atom. The molecule has 1 rings (SSSR count). The molecule has 15 heavy (non-hydrogen) atoms. The molecular formula is C9H9ClFNO3. The fraction of sp³-hybridized carbons (Fsp3) is 0.222. The lowest BCUT2D eigenvalue weighted by atomic mass is 10.3. The van der Waals surface area contributed by atoms with Gasteiger partial charge in [0.25, 0.3) is 0 Å². The number of aliphatic carboxylic acids is 1. The first-order chi connectivity index (χ1) is 7.00. The van der Waals surface area contributed by atoms with Crippen molar-refractivity contribution in [2.75, 3.05) is 6.61 Å². The third kappa shape index (κ3) is 3.38. The van der Waals surface area contributed by atoms with E-state index < -0.39 is 17.8 Å². The zero-order valence-corrected chi connectivity index (χ0v) is 8.37. The summed E-state index contributed by atoms with van der Waals surface area (Å²) in [6, 6.07) is 2.61. The standard InChI is InChI=1S/C9H9ClFNO3/c10-6-3-5(1-2-7(6)11)15-4-8(12)9(13)14/h1-3,8H,4,12H2,(H,13,14). The Morgan fingerprint density at radius 3 is 2.87 bits per heavy atom. The molecule has 0 saturated heterocycles. The van der Waals surface area contributed by atoms with Gasteiger partial charge in [0, 0.05) is 6.07 Å². The maximum absolute atomic E-state index is 12.7. The van der Waals surface area contributed by atoms with Gasteiger partial charge in [-0.05, 0) is 12.1 Å². The van der Waals surface area contributed by atoms with Crippen molar-refractivity contribution in [3.63, 3.8) is 0 Å². The van der Waals surface area contributed by atoms with Crippen molar-refractivity contribution in [3.05, 3.63) is 29.0 Å². The van der Waals surface area contributed by atoms with Gasteiger partial charge in [-0.15, -0.1) is 0 Å². The number of carboxylic acids is 1. The molecule has 3 N–H and O–H groups in total. The minimum atomic E-state index is -1.16. The van der Waals surface area contributed by atoms with Crippen molar-refractivity contribution >= 4 is 17.6 Å². The first-order valence-corrected chi connectivity index (χ1v) is 4.44. The van der Waals surface area contributed by atoms with Crippen molar-refractivity contribution in [2.45, 2.75) is 6.04 Å². The Labute approximate surface area is 90.4 Å². The highest BCUT2D eigenvalue weighted by Gasteiger charge is 2.12. The Hall–Kier alpha value is -1.33. The lowest BCUT2D eigenvalue weighted by Gasteiger charge is -2.09. The first-order valence-electron chi connectivity index (χ1n) is 4.07. The molecule has 0 bridgehead atoms. The average molecular weight is 234 g/mol. The van der Waals surface area contributed by atoms with E-state index in [0.29, 0.717) is 0 Å². The Morgan fingerprint density at radius 2 is 2.33 bits per heavy atom. The van der Waals surface area contributed by atoms with E-state index in [9.17, 15) is 9.18 Å². The van der Waals surface area contributed by atoms with E-state index in [1.54, 1.807) is 0 Å². The van der Waals surface area contributed by atoms with Gasteiger partial charge in [-0.25, -0.2) is 4.39 Å². The van der Waals surface area contributed by atoms with E-state index in [1.165, 1.54) is 12.1 Å². The lowest BCUT2D eigenvalue weighted by Crippen LogP contribution is -2.36. The molecule has 0 amide bonds. The molecule has 1 aromatic rings. The number of hydrogen-bond donors (Lipinski definition) is 2. The van der Waals surface area contributed by atoms with Gasteiger partial charge >= 0.3 is 5.97 Å². The van der Waals surface area contributed by atoms with E-state index in [4.69, 9.17) is 27.2 Å². The zero-order valence-electron chi connectivity index (χ0n) is 7.61. The Balaban J connectivity index is 2.58. The highest BCUT2D eigenvalue weighted by Crippen LogP contribution is 2.20. The number of carbonyl (C=O) groups is 1. The van der Waals surface area contributed by atoms with Crippen LogP contribution in [-0.2, 0) is 4.79 Å². The summed E-state index contributed by atoms with van der Waals surface area (Å²) in [5.74, 6) is -1.45. The molecule has 1 unspecified atom stereocenters. The van der Waals surface area contributed by atoms with E-state index in [0.717, 1.165) is 6.07 Å². The molecule has 82 valence electrons. The predicted octanol–water partition coefficient (Wildman–Crippen LogP) is 1.27. The summed E-state index contributed by atoms with van der Waals surface area (Å²) in [5.41, 5.74) is 5.20. The normalized spacial score (nSPS) is 12.2. The van der Waals surface area contributed by atoms with Gasteiger partial charge in [0.2, 0.25) is 0 Å². The summed E-state index contributed by atoms with van der Waals surface area (Å²) in [7, 11) is 0. The van der Waals surface area contributed by atoms with E-state index in [1.807, 2.05) is 0 Å². The summed E-state index contributed by atoms with van der Waals surface area (Å²) in [5, 5.41) is 8.38. The second-order valence-electron chi connectivity index (χ2n) is 2.83. The minimum Gasteiger partial charge on any atom is -0.491 e. The van der Waals surface area contributed by atoms with Crippen LogP contribution in [0.25, 0.3) is 0 Å². The minimum absolute atomic E-state index is 0.0867. The number of nitrogens with two attached hydrogens (primary N) is 1. The van der Waals surface area contributed by atoms with Gasteiger partial charge in [0.05, 0.1) is 5.02 Å². The lowest BCUT2D eigenvalue weighted by molar-refractivity contribution is -0.139. The van der Waals surface area contributed by atoms with Gasteiger partial charge in [-0.1, -0.05) is 11.6 Å². The van der Waals surface area contributed by atoms with Crippen molar-refractivity contribution in [3.8, 4) is 5.75 Å². The second kappa shape index (κ2) is 4.95. The molecule has 0 aliphatic rings. The van der Waals surface area contributed by atoms with E-state index in [2.05, 4.69) is 0 Å². The molecule has 0 saturated carbocycles. The molecular weight excluding hydrogens is 225 g/mol. The van der Waals surface area contributed by atoms with Crippen molar-refractivity contribution in [2.24, 2.45) is 5.73 Å². The van der Waals surface area contributed by atoms with Crippen LogP contribution in [0.4, 0.5) is 4.39 Å². The molecule has 0 spiro atoms. The SMILES string of the molecule is NC(COc1ccc(F)c(Cl)c1)C(=O)O. The summed E-state index contributed by atoms with van der Waals surface area (Å²) < 4.78 is 17.7. The molecule has 0 aliphatic heterocycles. The summed E-state index contributed by atoms with van der Waals surface area (Å²) in [6.45, 7) is -0.197. The molecule has 6 heteroatoms. The molecule has 0 aliphatic carbocycles. The van der Waals surface area contributed by atoms with Crippen molar-refractivity contribution in [1.29, 1.82) is 0 Å². The van der Waals surface area contributed by atoms with Crippen LogP contribution in [0.1, 0.15) is 0 Å². The van der Waals surface area contributed by atoms with E-state index >= 15 is 0 Å². The molecule has 1 atom stereocenters. The van der Waals surface area contributed by atoms with Crippen LogP contribution in [0.2, 0.25) is 5.02 Å². The second-order valence-corrected chi connectivity index (χ2v) is 3.24. The summed E-state index contributed by atoms with van der Waals surface area (Å²) >= 11 is 5.49. The quantitative estimate of drug-likeness (QED) is 0.822. The fourth-order valence-corrected chi connectivity index (χ4v) is 0.994. The maximum Gasteiger partial charge on any atom is 0.324 e. The first kappa shape index (κ1) is 11.7. The highest BCUT2D eigenvalue weighted by molar-refractivity contribution is 6.30. The van der Waals surface area contributed by atoms with Gasteiger partial charge < -0.3 is 15.6 Å². The zero-order chi connectivity index (χ0) is 11.4. The van der Waals surface area contributed by atoms with Gasteiger partial charge in [-0.3, -0.25) is 4.79 Å². The van der Waals surface area contributed by atoms with Crippen LogP contribution >= 0.6 is 11.6 Å². The number of hydrogen-bond acceptors (Lipinski definition) is 3. The monoisotopic (exact) mass is 233 g/mol. The molecule has 0 radical (unpaired) electrons. The van der Waals surface area contributed by atoms with Crippen LogP contribution in [0.5, 0.6) is 5.75 Å². The van der Waals surface area contributed by atoms with E-state index in [-0.39, 0.29) is 17.4 Å². The Kier molecular flexibility index (Phi) is 3.88. The van der Waals surface area contributed by atoms with Gasteiger partial charge in [0.15, 0.2) is 0 Å². The van der Waals surface area contributed by atoms with Crippen LogP contribution in [0.3, 0.4) is 0 Å². The smallest absolute Gasteiger partial charge is 0.324 e. The van der Waals surface area contributed by atoms with Gasteiger partial charge in [-0.2, -0.15) is 0 Å². The van der Waals surface area contributed by atoms with Crippen molar-refractivity contribution < 1.29 is 19.0 Å². The summed E-state index contributed by atoms with van der Waals surface area (Å²) in [6.07, 6.45) is 0. The summed E-state index contributed by atoms with van der Waals surface area (Å²) in [4.78, 5) is 10.4. The molecule has 0 aromatic heterocycles. The predicted molar refractivity (Wildman–Crippen MR) is 52.5 cm³/mol. The third-order valence-electron chi connectivity index (χ3n) is 1.64. The van der Waals surface area contributed by atoms with Crippen LogP contribution in [-0.4, -0.2) is 23.7 Å². The number of carboxylic acid groups (broad SMARTS) is 1. The number of ether oxygens (including phenoxy) is 1. The van der Waals surface area contributed by atoms with Crippen molar-refractivity contribution in [1.82, 2.24) is 0 Å². The third-order valence-corrected chi connectivity index (χ3v) is 1.93. The van der Waals surface area contributed by atoms with Crippen LogP contribution < -0.4 is 10.5 Å². The Bertz CT molecular complexity index is 372. The maximum atomic E-state index is 12.7. The van der Waals surface area contributed by atoms with Gasteiger partial charge in [0.1, 0.15) is 24.2 Å². The number of rotatable bonds is 4. The topological polar surface area (TPSA) is 72.5 Å². The number of halogens is 2. The highest BCUT2D eigenvalue weighted by atomic mass is 35.5. The molecule has 0 fully saturated rings. The molecule has 4 nitrogen and oxygen atoms in total. The van der Waals surface area contributed by atoms with Crippen LogP contribution in [0.15, 0.2) is 18.2 Å². The largest absolute Gasteiger partial charge is 0.491 e. The fourth-order valence-electron chi connectivity index (χ4n) is 0.824. The molecule has 0 heterocycles. The number of benzene rings is 1. The van der Waals surface area contributed by atoms with Crippen LogP contribution in [0, 0.1) is 5.82 Å². The average Bonchev–Trinajstić information content (AvgIpc) is 2.19.